The maximum Gasteiger partial charge on any atom is 0.119 e. The molecule has 1 aromatic carbocycles. The molecule has 1 rings (SSSR count). The fourth-order valence-electron chi connectivity index (χ4n) is 0.668. The zero-order valence-corrected chi connectivity index (χ0v) is 5.46. The zero-order chi connectivity index (χ0) is 9.14. The second kappa shape index (κ2) is 2.21. The monoisotopic (exact) mass is 140 g/mol. The average molecular weight is 140 g/mol. The van der Waals surface area contributed by atoms with Crippen LogP contribution in [0.2, 0.25) is 0 Å². The van der Waals surface area contributed by atoms with Gasteiger partial charge in [-0.15, -0.1) is 0 Å². The Morgan fingerprint density at radius 1 is 1.10 bits per heavy atom. The smallest absolute Gasteiger partial charge is 0.119 e. The van der Waals surface area contributed by atoms with E-state index in [0.717, 1.165) is 0 Å². The third kappa shape index (κ3) is 0.923. The van der Waals surface area contributed by atoms with Crippen LogP contribution in [-0.2, 0) is 0 Å². The van der Waals surface area contributed by atoms with Crippen LogP contribution in [0.15, 0.2) is 12.1 Å². The summed E-state index contributed by atoms with van der Waals surface area (Å²) in [6, 6.07) is 2.66. The van der Waals surface area contributed by atoms with Crippen molar-refractivity contribution in [2.45, 2.75) is 13.8 Å². The Morgan fingerprint density at radius 2 is 1.50 bits per heavy atom. The molecule has 0 heterocycles. The summed E-state index contributed by atoms with van der Waals surface area (Å²) < 4.78 is 14.1. The van der Waals surface area contributed by atoms with Crippen molar-refractivity contribution in [1.82, 2.24) is 0 Å². The van der Waals surface area contributed by atoms with Gasteiger partial charge in [0.25, 0.3) is 0 Å². The summed E-state index contributed by atoms with van der Waals surface area (Å²) in [5.41, 5.74) is 0.676. The van der Waals surface area contributed by atoms with Crippen LogP contribution >= 0.6 is 0 Å². The van der Waals surface area contributed by atoms with Gasteiger partial charge in [-0.25, -0.2) is 0 Å². The second-order valence-corrected chi connectivity index (χ2v) is 2.06. The minimum absolute atomic E-state index is 0.0231. The Balaban J connectivity index is 3.28. The molecule has 0 amide bonds. The Hall–Kier alpha value is -1.18. The summed E-state index contributed by atoms with van der Waals surface area (Å²) in [5, 5.41) is 18.5. The molecule has 1 aromatic rings. The fraction of sp³-hybridized carbons (Fsp3) is 0.250. The Kier molecular flexibility index (Phi) is 1.02. The van der Waals surface area contributed by atoms with E-state index in [1.165, 1.54) is 12.1 Å². The first-order valence-electron chi connectivity index (χ1n) is 4.23. The van der Waals surface area contributed by atoms with E-state index in [9.17, 15) is 10.2 Å². The number of phenols is 2. The van der Waals surface area contributed by atoms with Gasteiger partial charge in [0.05, 0.1) is 0 Å². The lowest BCUT2D eigenvalue weighted by Gasteiger charge is -2.03. The summed E-state index contributed by atoms with van der Waals surface area (Å²) in [5.74, 6) is -0.0462. The van der Waals surface area contributed by atoms with Crippen LogP contribution in [0.5, 0.6) is 11.5 Å². The molecule has 0 saturated heterocycles. The molecular weight excluding hydrogens is 128 g/mol. The summed E-state index contributed by atoms with van der Waals surface area (Å²) in [4.78, 5) is 0. The molecule has 0 aliphatic rings. The van der Waals surface area contributed by atoms with Gasteiger partial charge in [0.1, 0.15) is 11.5 Å². The summed E-state index contributed by atoms with van der Waals surface area (Å²) in [7, 11) is 0. The average Bonchev–Trinajstić information content (AvgIpc) is 2.08. The highest BCUT2D eigenvalue weighted by Gasteiger charge is 2.02. The topological polar surface area (TPSA) is 40.5 Å². The number of rotatable bonds is 0. The third-order valence-electron chi connectivity index (χ3n) is 1.38. The van der Waals surface area contributed by atoms with Crippen LogP contribution in [0.3, 0.4) is 0 Å². The lowest BCUT2D eigenvalue weighted by molar-refractivity contribution is 0.453. The highest BCUT2D eigenvalue weighted by Crippen LogP contribution is 2.26. The predicted octanol–water partition coefficient (Wildman–Crippen LogP) is 1.71. The van der Waals surface area contributed by atoms with Gasteiger partial charge in [0, 0.05) is 2.74 Å². The minimum atomic E-state index is -0.117. The van der Waals surface area contributed by atoms with Gasteiger partial charge in [0.15, 0.2) is 0 Å². The number of hydrogen-bond donors (Lipinski definition) is 2. The molecule has 0 fully saturated rings. The molecular formula is C8H10O2. The lowest BCUT2D eigenvalue weighted by atomic mass is 10.1. The zero-order valence-electron chi connectivity index (χ0n) is 7.46. The van der Waals surface area contributed by atoms with Gasteiger partial charge in [0.2, 0.25) is 0 Å². The molecule has 0 saturated carbocycles. The molecule has 2 heteroatoms. The van der Waals surface area contributed by atoms with Crippen molar-refractivity contribution in [3.63, 3.8) is 0 Å². The molecule has 0 unspecified atom stereocenters. The van der Waals surface area contributed by atoms with Crippen LogP contribution in [0, 0.1) is 13.8 Å². The Labute approximate surface area is 62.6 Å². The molecule has 54 valence electrons. The number of phenolic OH excluding ortho intramolecular Hbond substituents is 2. The van der Waals surface area contributed by atoms with Gasteiger partial charge in [-0.05, 0) is 37.1 Å². The largest absolute Gasteiger partial charge is 0.508 e. The first kappa shape index (κ1) is 4.61. The van der Waals surface area contributed by atoms with E-state index in [2.05, 4.69) is 0 Å². The lowest BCUT2D eigenvalue weighted by Crippen LogP contribution is -1.81. The van der Waals surface area contributed by atoms with E-state index in [1.54, 1.807) is 0 Å². The van der Waals surface area contributed by atoms with Crippen LogP contribution < -0.4 is 0 Å². The van der Waals surface area contributed by atoms with Gasteiger partial charge < -0.3 is 10.2 Å². The predicted molar refractivity (Wildman–Crippen MR) is 39.2 cm³/mol. The number of aromatic hydroxyl groups is 2. The van der Waals surface area contributed by atoms with Crippen molar-refractivity contribution in [3.8, 4) is 11.5 Å². The van der Waals surface area contributed by atoms with E-state index < -0.39 is 0 Å². The summed E-state index contributed by atoms with van der Waals surface area (Å²) in [6.45, 7) is -0.233. The first-order chi connectivity index (χ1) is 5.70. The number of benzene rings is 1. The summed E-state index contributed by atoms with van der Waals surface area (Å²) >= 11 is 0. The molecule has 0 radical (unpaired) electrons. The molecule has 0 bridgehead atoms. The molecule has 0 aliphatic heterocycles. The third-order valence-corrected chi connectivity index (χ3v) is 1.38. The van der Waals surface area contributed by atoms with E-state index in [0.29, 0.717) is 11.1 Å². The van der Waals surface area contributed by atoms with Crippen molar-refractivity contribution >= 4 is 0 Å². The Morgan fingerprint density at radius 3 is 1.80 bits per heavy atom. The maximum atomic E-state index is 9.23. The standard InChI is InChI=1S/C8H10O2/c1-5-6(2)8(10)4-3-7(5)9/h3-4,9-10H,1-2H3/i1D,2D. The highest BCUT2D eigenvalue weighted by atomic mass is 16.3. The van der Waals surface area contributed by atoms with E-state index in [1.807, 2.05) is 0 Å². The maximum absolute atomic E-state index is 9.23. The highest BCUT2D eigenvalue weighted by molar-refractivity contribution is 5.45. The molecule has 10 heavy (non-hydrogen) atoms. The Bertz CT molecular complexity index is 258. The molecule has 0 aromatic heterocycles. The second-order valence-electron chi connectivity index (χ2n) is 2.06. The van der Waals surface area contributed by atoms with E-state index in [4.69, 9.17) is 2.74 Å². The van der Waals surface area contributed by atoms with Crippen molar-refractivity contribution in [2.24, 2.45) is 0 Å². The van der Waals surface area contributed by atoms with Crippen LogP contribution in [0.25, 0.3) is 0 Å². The SMILES string of the molecule is [2H]Cc1c(O)ccc(O)c1C[2H]. The van der Waals surface area contributed by atoms with E-state index >= 15 is 0 Å². The quantitative estimate of drug-likeness (QED) is 0.538. The molecule has 0 aliphatic carbocycles. The van der Waals surface area contributed by atoms with Crippen molar-refractivity contribution in [2.75, 3.05) is 0 Å². The molecule has 2 N–H and O–H groups in total. The van der Waals surface area contributed by atoms with E-state index in [-0.39, 0.29) is 25.3 Å². The summed E-state index contributed by atoms with van der Waals surface area (Å²) in [6.07, 6.45) is 0. The van der Waals surface area contributed by atoms with Gasteiger partial charge >= 0.3 is 0 Å². The van der Waals surface area contributed by atoms with Crippen molar-refractivity contribution < 1.29 is 13.0 Å². The van der Waals surface area contributed by atoms with Crippen LogP contribution in [0.1, 0.15) is 13.9 Å². The first-order valence-corrected chi connectivity index (χ1v) is 2.82. The van der Waals surface area contributed by atoms with Gasteiger partial charge in [-0.2, -0.15) is 0 Å². The van der Waals surface area contributed by atoms with Gasteiger partial charge in [-0.1, -0.05) is 0 Å². The van der Waals surface area contributed by atoms with Crippen molar-refractivity contribution in [3.05, 3.63) is 23.3 Å². The van der Waals surface area contributed by atoms with Crippen LogP contribution in [-0.4, -0.2) is 10.2 Å². The molecule has 0 atom stereocenters. The van der Waals surface area contributed by atoms with Crippen LogP contribution in [0.4, 0.5) is 0 Å². The minimum Gasteiger partial charge on any atom is -0.508 e. The normalized spacial score (nSPS) is 12.4. The number of hydrogen-bond acceptors (Lipinski definition) is 2. The fourth-order valence-corrected chi connectivity index (χ4v) is 0.668. The van der Waals surface area contributed by atoms with Gasteiger partial charge in [-0.3, -0.25) is 0 Å². The van der Waals surface area contributed by atoms with Crippen molar-refractivity contribution in [1.29, 1.82) is 0 Å². The molecule has 2 nitrogen and oxygen atoms in total. The molecule has 0 spiro atoms.